The van der Waals surface area contributed by atoms with Crippen LogP contribution in [0.2, 0.25) is 0 Å². The summed E-state index contributed by atoms with van der Waals surface area (Å²) in [7, 11) is -3.14. The van der Waals surface area contributed by atoms with Gasteiger partial charge >= 0.3 is 0 Å². The number of sulfone groups is 1. The second-order valence-electron chi connectivity index (χ2n) is 4.07. The van der Waals surface area contributed by atoms with Crippen LogP contribution in [0.15, 0.2) is 29.2 Å². The maximum atomic E-state index is 11.7. The molecule has 1 atom stereocenters. The van der Waals surface area contributed by atoms with E-state index < -0.39 is 15.9 Å². The number of benzene rings is 1. The molecular formula is C12H19NO3S. The van der Waals surface area contributed by atoms with E-state index in [1.807, 2.05) is 6.92 Å². The highest BCUT2D eigenvalue weighted by atomic mass is 32.2. The van der Waals surface area contributed by atoms with Gasteiger partial charge in [0.2, 0.25) is 0 Å². The first-order valence-corrected chi connectivity index (χ1v) is 7.35. The molecule has 0 aliphatic rings. The second-order valence-corrected chi connectivity index (χ2v) is 6.18. The van der Waals surface area contributed by atoms with Crippen molar-refractivity contribution in [2.45, 2.75) is 31.3 Å². The van der Waals surface area contributed by atoms with Crippen molar-refractivity contribution in [3.63, 3.8) is 0 Å². The number of aliphatic hydroxyl groups excluding tert-OH is 1. The van der Waals surface area contributed by atoms with Crippen LogP contribution in [0.5, 0.6) is 0 Å². The monoisotopic (exact) mass is 257 g/mol. The fraction of sp³-hybridized carbons (Fsp3) is 0.500. The van der Waals surface area contributed by atoms with Gasteiger partial charge in [0.25, 0.3) is 0 Å². The van der Waals surface area contributed by atoms with Crippen LogP contribution >= 0.6 is 0 Å². The molecule has 4 nitrogen and oxygen atoms in total. The lowest BCUT2D eigenvalue weighted by Gasteiger charge is -2.09. The Morgan fingerprint density at radius 1 is 1.29 bits per heavy atom. The normalized spacial score (nSPS) is 13.4. The summed E-state index contributed by atoms with van der Waals surface area (Å²) in [6.07, 6.45) is 0.183. The summed E-state index contributed by atoms with van der Waals surface area (Å²) in [5, 5.41) is 12.1. The summed E-state index contributed by atoms with van der Waals surface area (Å²) >= 11 is 0. The summed E-state index contributed by atoms with van der Waals surface area (Å²) in [5.74, 6) is 0.174. The minimum Gasteiger partial charge on any atom is -0.392 e. The van der Waals surface area contributed by atoms with E-state index in [0.717, 1.165) is 5.69 Å². The average Bonchev–Trinajstić information content (AvgIpc) is 2.27. The lowest BCUT2D eigenvalue weighted by Crippen LogP contribution is -2.15. The van der Waals surface area contributed by atoms with Gasteiger partial charge in [0, 0.05) is 12.2 Å². The molecule has 0 amide bonds. The highest BCUT2D eigenvalue weighted by Crippen LogP contribution is 2.15. The Morgan fingerprint density at radius 3 is 2.35 bits per heavy atom. The Morgan fingerprint density at radius 2 is 1.88 bits per heavy atom. The van der Waals surface area contributed by atoms with Gasteiger partial charge in [-0.1, -0.05) is 6.92 Å². The number of aliphatic hydroxyl groups is 1. The van der Waals surface area contributed by atoms with Gasteiger partial charge in [-0.15, -0.1) is 0 Å². The maximum Gasteiger partial charge on any atom is 0.178 e. The molecular weight excluding hydrogens is 238 g/mol. The molecule has 0 spiro atoms. The Hall–Kier alpha value is -1.07. The largest absolute Gasteiger partial charge is 0.392 e. The number of rotatable bonds is 6. The van der Waals surface area contributed by atoms with Crippen molar-refractivity contribution >= 4 is 15.5 Å². The SMILES string of the molecule is CCCS(=O)(=O)c1ccc(NCC(C)O)cc1. The van der Waals surface area contributed by atoms with Crippen molar-refractivity contribution in [1.82, 2.24) is 0 Å². The predicted octanol–water partition coefficient (Wildman–Crippen LogP) is 1.66. The van der Waals surface area contributed by atoms with Crippen molar-refractivity contribution in [3.8, 4) is 0 Å². The summed E-state index contributed by atoms with van der Waals surface area (Å²) in [4.78, 5) is 0.349. The number of hydrogen-bond donors (Lipinski definition) is 2. The van der Waals surface area contributed by atoms with E-state index in [-0.39, 0.29) is 5.75 Å². The van der Waals surface area contributed by atoms with E-state index in [2.05, 4.69) is 5.32 Å². The van der Waals surface area contributed by atoms with Crippen LogP contribution in [0, 0.1) is 0 Å². The third kappa shape index (κ3) is 4.36. The Labute approximate surface area is 103 Å². The molecule has 0 aromatic heterocycles. The molecule has 96 valence electrons. The zero-order valence-electron chi connectivity index (χ0n) is 10.2. The maximum absolute atomic E-state index is 11.7. The van der Waals surface area contributed by atoms with Gasteiger partial charge in [-0.3, -0.25) is 0 Å². The van der Waals surface area contributed by atoms with E-state index in [1.54, 1.807) is 31.2 Å². The third-order valence-corrected chi connectivity index (χ3v) is 4.22. The van der Waals surface area contributed by atoms with E-state index in [4.69, 9.17) is 5.11 Å². The van der Waals surface area contributed by atoms with E-state index >= 15 is 0 Å². The molecule has 0 aliphatic heterocycles. The molecule has 0 saturated carbocycles. The highest BCUT2D eigenvalue weighted by molar-refractivity contribution is 7.91. The van der Waals surface area contributed by atoms with Crippen molar-refractivity contribution in [2.75, 3.05) is 17.6 Å². The zero-order valence-corrected chi connectivity index (χ0v) is 11.0. The van der Waals surface area contributed by atoms with Crippen molar-refractivity contribution < 1.29 is 13.5 Å². The van der Waals surface area contributed by atoms with Crippen LogP contribution in [0.25, 0.3) is 0 Å². The van der Waals surface area contributed by atoms with Crippen molar-refractivity contribution in [2.24, 2.45) is 0 Å². The molecule has 2 N–H and O–H groups in total. The molecule has 5 heteroatoms. The molecule has 1 rings (SSSR count). The third-order valence-electron chi connectivity index (χ3n) is 2.29. The van der Waals surface area contributed by atoms with Gasteiger partial charge in [-0.05, 0) is 37.6 Å². The Balaban J connectivity index is 2.74. The second kappa shape index (κ2) is 6.02. The summed E-state index contributed by atoms with van der Waals surface area (Å²) in [5.41, 5.74) is 0.807. The molecule has 0 fully saturated rings. The highest BCUT2D eigenvalue weighted by Gasteiger charge is 2.12. The summed E-state index contributed by atoms with van der Waals surface area (Å²) in [6, 6.07) is 6.61. The van der Waals surface area contributed by atoms with E-state index in [0.29, 0.717) is 17.9 Å². The first-order chi connectivity index (χ1) is 7.95. The zero-order chi connectivity index (χ0) is 12.9. The molecule has 1 aromatic carbocycles. The minimum atomic E-state index is -3.14. The van der Waals surface area contributed by atoms with Gasteiger partial charge in [-0.2, -0.15) is 0 Å². The lowest BCUT2D eigenvalue weighted by molar-refractivity contribution is 0.208. The predicted molar refractivity (Wildman–Crippen MR) is 69.0 cm³/mol. The van der Waals surface area contributed by atoms with E-state index in [9.17, 15) is 8.42 Å². The van der Waals surface area contributed by atoms with Crippen LogP contribution in [-0.2, 0) is 9.84 Å². The number of anilines is 1. The summed E-state index contributed by atoms with van der Waals surface area (Å²) < 4.78 is 23.5. The molecule has 1 unspecified atom stereocenters. The minimum absolute atomic E-state index is 0.174. The quantitative estimate of drug-likeness (QED) is 0.813. The molecule has 17 heavy (non-hydrogen) atoms. The van der Waals surface area contributed by atoms with Crippen molar-refractivity contribution in [3.05, 3.63) is 24.3 Å². The molecule has 0 saturated heterocycles. The average molecular weight is 257 g/mol. The van der Waals surface area contributed by atoms with Gasteiger partial charge < -0.3 is 10.4 Å². The molecule has 0 bridgehead atoms. The van der Waals surface area contributed by atoms with Gasteiger partial charge in [0.15, 0.2) is 9.84 Å². The first kappa shape index (κ1) is 14.0. The molecule has 0 aliphatic carbocycles. The Kier molecular flexibility index (Phi) is 4.96. The van der Waals surface area contributed by atoms with Gasteiger partial charge in [0.1, 0.15) is 0 Å². The van der Waals surface area contributed by atoms with Crippen LogP contribution in [0.1, 0.15) is 20.3 Å². The first-order valence-electron chi connectivity index (χ1n) is 5.70. The van der Waals surface area contributed by atoms with Gasteiger partial charge in [-0.25, -0.2) is 8.42 Å². The number of hydrogen-bond acceptors (Lipinski definition) is 4. The van der Waals surface area contributed by atoms with Gasteiger partial charge in [0.05, 0.1) is 16.8 Å². The molecule has 0 radical (unpaired) electrons. The standard InChI is InChI=1S/C12H19NO3S/c1-3-8-17(15,16)12-6-4-11(5-7-12)13-9-10(2)14/h4-7,10,13-14H,3,8-9H2,1-2H3. The van der Waals surface area contributed by atoms with Crippen LogP contribution in [0.3, 0.4) is 0 Å². The topological polar surface area (TPSA) is 66.4 Å². The fourth-order valence-corrected chi connectivity index (χ4v) is 2.76. The van der Waals surface area contributed by atoms with Crippen LogP contribution in [-0.4, -0.2) is 31.9 Å². The molecule has 1 aromatic rings. The smallest absolute Gasteiger partial charge is 0.178 e. The van der Waals surface area contributed by atoms with E-state index in [1.165, 1.54) is 0 Å². The summed E-state index contributed by atoms with van der Waals surface area (Å²) in [6.45, 7) is 3.98. The Bertz CT molecular complexity index is 437. The fourth-order valence-electron chi connectivity index (χ4n) is 1.43. The molecule has 0 heterocycles. The lowest BCUT2D eigenvalue weighted by atomic mass is 10.3. The van der Waals surface area contributed by atoms with Crippen LogP contribution in [0.4, 0.5) is 5.69 Å². The van der Waals surface area contributed by atoms with Crippen LogP contribution < -0.4 is 5.32 Å². The number of nitrogens with one attached hydrogen (secondary N) is 1. The van der Waals surface area contributed by atoms with Crippen molar-refractivity contribution in [1.29, 1.82) is 0 Å².